The third-order valence-corrected chi connectivity index (χ3v) is 4.89. The molecule has 0 radical (unpaired) electrons. The van der Waals surface area contributed by atoms with Crippen molar-refractivity contribution in [2.45, 2.75) is 32.1 Å². The number of halogens is 2. The van der Waals surface area contributed by atoms with Crippen molar-refractivity contribution in [1.29, 1.82) is 0 Å². The van der Waals surface area contributed by atoms with Gasteiger partial charge in [-0.2, -0.15) is 0 Å². The lowest BCUT2D eigenvalue weighted by molar-refractivity contribution is -0.120. The molecule has 2 saturated carbocycles. The number of rotatable bonds is 3. The molecule has 1 aromatic carbocycles. The largest absolute Gasteiger partial charge is 0.299 e. The molecule has 2 unspecified atom stereocenters. The van der Waals surface area contributed by atoms with E-state index < -0.39 is 0 Å². The van der Waals surface area contributed by atoms with Crippen molar-refractivity contribution < 1.29 is 9.18 Å². The lowest BCUT2D eigenvalue weighted by atomic mass is 10.0. The second-order valence-electron chi connectivity index (χ2n) is 5.52. The number of hydrogen-bond acceptors (Lipinski definition) is 1. The zero-order valence-corrected chi connectivity index (χ0v) is 11.7. The number of hydrogen-bond donors (Lipinski definition) is 0. The van der Waals surface area contributed by atoms with Gasteiger partial charge in [-0.1, -0.05) is 28.8 Å². The first-order valence-corrected chi connectivity index (χ1v) is 7.43. The Kier molecular flexibility index (Phi) is 3.27. The van der Waals surface area contributed by atoms with Crippen LogP contribution in [0.2, 0.25) is 0 Å². The molecule has 0 aliphatic heterocycles. The highest BCUT2D eigenvalue weighted by molar-refractivity contribution is 9.10. The van der Waals surface area contributed by atoms with Crippen molar-refractivity contribution in [3.8, 4) is 0 Å². The van der Waals surface area contributed by atoms with Crippen molar-refractivity contribution in [2.75, 3.05) is 0 Å². The molecule has 1 nitrogen and oxygen atoms in total. The molecule has 0 heterocycles. The Morgan fingerprint density at radius 2 is 1.94 bits per heavy atom. The summed E-state index contributed by atoms with van der Waals surface area (Å²) in [6.45, 7) is 0. The van der Waals surface area contributed by atoms with Crippen LogP contribution in [-0.4, -0.2) is 5.78 Å². The Labute approximate surface area is 115 Å². The third-order valence-electron chi connectivity index (χ3n) is 4.40. The highest BCUT2D eigenvalue weighted by Gasteiger charge is 2.53. The molecule has 2 aliphatic rings. The molecule has 3 heteroatoms. The van der Waals surface area contributed by atoms with E-state index in [4.69, 9.17) is 0 Å². The summed E-state index contributed by atoms with van der Waals surface area (Å²) < 4.78 is 14.4. The predicted molar refractivity (Wildman–Crippen MR) is 71.7 cm³/mol. The molecule has 2 fully saturated rings. The fourth-order valence-corrected chi connectivity index (χ4v) is 3.86. The van der Waals surface area contributed by atoms with E-state index in [-0.39, 0.29) is 23.9 Å². The Bertz CT molecular complexity index is 473. The van der Waals surface area contributed by atoms with Gasteiger partial charge in [-0.3, -0.25) is 4.79 Å². The van der Waals surface area contributed by atoms with Crippen molar-refractivity contribution in [3.05, 3.63) is 34.1 Å². The van der Waals surface area contributed by atoms with Crippen LogP contribution in [0.1, 0.15) is 31.2 Å². The molecule has 0 amide bonds. The molecule has 2 aliphatic carbocycles. The molecule has 2 atom stereocenters. The standard InChI is InChI=1S/C15H16BrFO/c16-10-5-6-13(17)9(7-10)8-14(18)15-11-3-1-2-4-12(11)15/h5-7,11-12,15H,1-4,8H2. The fraction of sp³-hybridized carbons (Fsp3) is 0.533. The van der Waals surface area contributed by atoms with Gasteiger partial charge >= 0.3 is 0 Å². The second kappa shape index (κ2) is 4.76. The van der Waals surface area contributed by atoms with Gasteiger partial charge in [-0.15, -0.1) is 0 Å². The molecule has 3 rings (SSSR count). The summed E-state index contributed by atoms with van der Waals surface area (Å²) in [6.07, 6.45) is 5.17. The summed E-state index contributed by atoms with van der Waals surface area (Å²) in [5.74, 6) is 1.42. The quantitative estimate of drug-likeness (QED) is 0.820. The van der Waals surface area contributed by atoms with Gasteiger partial charge < -0.3 is 0 Å². The minimum atomic E-state index is -0.268. The lowest BCUT2D eigenvalue weighted by Gasteiger charge is -2.04. The monoisotopic (exact) mass is 310 g/mol. The number of ketones is 1. The minimum Gasteiger partial charge on any atom is -0.299 e. The number of carbonyl (C=O) groups excluding carboxylic acids is 1. The topological polar surface area (TPSA) is 17.1 Å². The van der Waals surface area contributed by atoms with Crippen LogP contribution in [0.3, 0.4) is 0 Å². The fourth-order valence-electron chi connectivity index (χ4n) is 3.45. The van der Waals surface area contributed by atoms with E-state index in [0.717, 1.165) is 4.47 Å². The predicted octanol–water partition coefficient (Wildman–Crippen LogP) is 4.14. The Balaban J connectivity index is 1.69. The number of benzene rings is 1. The van der Waals surface area contributed by atoms with Crippen LogP contribution in [0.5, 0.6) is 0 Å². The van der Waals surface area contributed by atoms with Gasteiger partial charge in [0.25, 0.3) is 0 Å². The van der Waals surface area contributed by atoms with Crippen LogP contribution in [0, 0.1) is 23.6 Å². The lowest BCUT2D eigenvalue weighted by Crippen LogP contribution is -2.08. The summed E-state index contributed by atoms with van der Waals surface area (Å²) in [5, 5.41) is 0. The van der Waals surface area contributed by atoms with Gasteiger partial charge in [-0.25, -0.2) is 4.39 Å². The van der Waals surface area contributed by atoms with Crippen LogP contribution in [-0.2, 0) is 11.2 Å². The van der Waals surface area contributed by atoms with Crippen LogP contribution >= 0.6 is 15.9 Å². The summed E-state index contributed by atoms with van der Waals surface area (Å²) >= 11 is 3.32. The summed E-state index contributed by atoms with van der Waals surface area (Å²) in [4.78, 5) is 12.2. The summed E-state index contributed by atoms with van der Waals surface area (Å²) in [6, 6.07) is 4.81. The van der Waals surface area contributed by atoms with Crippen LogP contribution in [0.4, 0.5) is 4.39 Å². The Morgan fingerprint density at radius 3 is 2.61 bits per heavy atom. The average Bonchev–Trinajstić information content (AvgIpc) is 3.08. The maximum Gasteiger partial charge on any atom is 0.141 e. The minimum absolute atomic E-state index is 0.228. The second-order valence-corrected chi connectivity index (χ2v) is 6.43. The van der Waals surface area contributed by atoms with E-state index in [1.54, 1.807) is 12.1 Å². The van der Waals surface area contributed by atoms with Crippen LogP contribution < -0.4 is 0 Å². The van der Waals surface area contributed by atoms with Gasteiger partial charge in [0.2, 0.25) is 0 Å². The van der Waals surface area contributed by atoms with Crippen LogP contribution in [0.25, 0.3) is 0 Å². The van der Waals surface area contributed by atoms with E-state index in [9.17, 15) is 9.18 Å². The molecule has 1 aromatic rings. The Morgan fingerprint density at radius 1 is 1.28 bits per heavy atom. The van der Waals surface area contributed by atoms with Gasteiger partial charge in [0.1, 0.15) is 11.6 Å². The smallest absolute Gasteiger partial charge is 0.141 e. The van der Waals surface area contributed by atoms with Crippen molar-refractivity contribution in [3.63, 3.8) is 0 Å². The molecule has 0 aromatic heterocycles. The van der Waals surface area contributed by atoms with Gasteiger partial charge in [0.15, 0.2) is 0 Å². The van der Waals surface area contributed by atoms with Crippen molar-refractivity contribution in [1.82, 2.24) is 0 Å². The SMILES string of the molecule is O=C(Cc1cc(Br)ccc1F)C1C2CCCCC21. The van der Waals surface area contributed by atoms with Gasteiger partial charge in [0.05, 0.1) is 0 Å². The molecular weight excluding hydrogens is 295 g/mol. The molecular formula is C15H16BrFO. The van der Waals surface area contributed by atoms with Crippen LogP contribution in [0.15, 0.2) is 22.7 Å². The molecule has 18 heavy (non-hydrogen) atoms. The average molecular weight is 311 g/mol. The highest BCUT2D eigenvalue weighted by atomic mass is 79.9. The maximum atomic E-state index is 13.6. The van der Waals surface area contributed by atoms with E-state index in [1.165, 1.54) is 31.7 Å². The van der Waals surface area contributed by atoms with Gasteiger partial charge in [0, 0.05) is 16.8 Å². The normalized spacial score (nSPS) is 29.8. The zero-order valence-electron chi connectivity index (χ0n) is 10.2. The third kappa shape index (κ3) is 2.25. The Hall–Kier alpha value is -0.700. The van der Waals surface area contributed by atoms with Crippen molar-refractivity contribution >= 4 is 21.7 Å². The summed E-state index contributed by atoms with van der Waals surface area (Å²) in [5.41, 5.74) is 0.526. The maximum absolute atomic E-state index is 13.6. The number of carbonyl (C=O) groups is 1. The summed E-state index contributed by atoms with van der Waals surface area (Å²) in [7, 11) is 0. The molecule has 96 valence electrons. The molecule has 0 spiro atoms. The zero-order chi connectivity index (χ0) is 12.7. The molecule has 0 saturated heterocycles. The first-order valence-electron chi connectivity index (χ1n) is 6.63. The van der Waals surface area contributed by atoms with Gasteiger partial charge in [-0.05, 0) is 48.4 Å². The van der Waals surface area contributed by atoms with E-state index >= 15 is 0 Å². The van der Waals surface area contributed by atoms with Crippen molar-refractivity contribution in [2.24, 2.45) is 17.8 Å². The highest BCUT2D eigenvalue weighted by Crippen LogP contribution is 2.56. The first-order chi connectivity index (χ1) is 8.66. The number of fused-ring (bicyclic) bond motifs is 1. The molecule has 0 bridgehead atoms. The molecule has 0 N–H and O–H groups in total. The first kappa shape index (κ1) is 12.3. The van der Waals surface area contributed by atoms with E-state index in [1.807, 2.05) is 0 Å². The van der Waals surface area contributed by atoms with E-state index in [0.29, 0.717) is 17.4 Å². The van der Waals surface area contributed by atoms with E-state index in [2.05, 4.69) is 15.9 Å². The number of Topliss-reactive ketones (excluding diaryl/α,β-unsaturated/α-hetero) is 1.